The third-order valence-corrected chi connectivity index (χ3v) is 6.90. The first-order valence-electron chi connectivity index (χ1n) is 12.1. The van der Waals surface area contributed by atoms with E-state index in [4.69, 9.17) is 9.72 Å². The van der Waals surface area contributed by atoms with Crippen LogP contribution in [-0.4, -0.2) is 61.8 Å². The van der Waals surface area contributed by atoms with Crippen molar-refractivity contribution in [2.75, 3.05) is 36.5 Å². The van der Waals surface area contributed by atoms with Crippen LogP contribution in [0.3, 0.4) is 0 Å². The van der Waals surface area contributed by atoms with E-state index >= 15 is 0 Å². The summed E-state index contributed by atoms with van der Waals surface area (Å²) in [5, 5.41) is 11.1. The number of aryl methyl sites for hydroxylation is 1. The summed E-state index contributed by atoms with van der Waals surface area (Å²) in [5.41, 5.74) is 6.95. The monoisotopic (exact) mass is 515 g/mol. The molecule has 4 aromatic heterocycles. The van der Waals surface area contributed by atoms with Gasteiger partial charge in [0.1, 0.15) is 24.8 Å². The summed E-state index contributed by atoms with van der Waals surface area (Å²) in [7, 11) is 0. The van der Waals surface area contributed by atoms with Gasteiger partial charge in [-0.3, -0.25) is 0 Å². The van der Waals surface area contributed by atoms with Gasteiger partial charge >= 0.3 is 0 Å². The van der Waals surface area contributed by atoms with Gasteiger partial charge in [-0.25, -0.2) is 24.5 Å². The molecule has 1 unspecified atom stereocenters. The molecule has 0 saturated carbocycles. The van der Waals surface area contributed by atoms with E-state index in [1.165, 1.54) is 16.7 Å². The lowest BCUT2D eigenvalue weighted by Crippen LogP contribution is -2.51. The predicted octanol–water partition coefficient (Wildman–Crippen LogP) is 3.30. The van der Waals surface area contributed by atoms with E-state index in [9.17, 15) is 0 Å². The molecule has 6 heterocycles. The molecule has 188 valence electrons. The van der Waals surface area contributed by atoms with Gasteiger partial charge in [-0.1, -0.05) is 6.07 Å². The van der Waals surface area contributed by atoms with Crippen molar-refractivity contribution in [3.05, 3.63) is 71.9 Å². The number of pyridine rings is 2. The highest BCUT2D eigenvalue weighted by Gasteiger charge is 2.28. The van der Waals surface area contributed by atoms with Crippen molar-refractivity contribution in [3.8, 4) is 5.75 Å². The molecule has 2 N–H and O–H groups in total. The van der Waals surface area contributed by atoms with Crippen LogP contribution in [0.4, 0.5) is 17.3 Å². The zero-order chi connectivity index (χ0) is 24.1. The Balaban J connectivity index is 0.00000252. The second-order valence-electron chi connectivity index (χ2n) is 9.35. The van der Waals surface area contributed by atoms with Gasteiger partial charge in [0.2, 0.25) is 0 Å². The van der Waals surface area contributed by atoms with Crippen molar-refractivity contribution in [1.82, 2.24) is 34.9 Å². The molecule has 5 aromatic rings. The summed E-state index contributed by atoms with van der Waals surface area (Å²) in [6, 6.07) is 12.8. The number of ether oxygens (including phenoxy) is 1. The third-order valence-electron chi connectivity index (χ3n) is 6.90. The predicted molar refractivity (Wildman–Crippen MR) is 144 cm³/mol. The quantitative estimate of drug-likeness (QED) is 0.373. The van der Waals surface area contributed by atoms with Gasteiger partial charge in [0.05, 0.1) is 11.6 Å². The minimum Gasteiger partial charge on any atom is -0.488 e. The third kappa shape index (κ3) is 4.38. The van der Waals surface area contributed by atoms with Crippen LogP contribution in [0, 0.1) is 6.92 Å². The minimum atomic E-state index is 0. The average Bonchev–Trinajstić information content (AvgIpc) is 3.33. The maximum Gasteiger partial charge on any atom is 0.172 e. The second kappa shape index (κ2) is 9.45. The van der Waals surface area contributed by atoms with Crippen LogP contribution in [-0.2, 0) is 6.42 Å². The second-order valence-corrected chi connectivity index (χ2v) is 9.35. The van der Waals surface area contributed by atoms with Crippen molar-refractivity contribution in [2.45, 2.75) is 19.4 Å². The van der Waals surface area contributed by atoms with Gasteiger partial charge in [0.25, 0.3) is 0 Å². The molecule has 1 atom stereocenters. The van der Waals surface area contributed by atoms with Crippen molar-refractivity contribution in [3.63, 3.8) is 0 Å². The van der Waals surface area contributed by atoms with Crippen LogP contribution < -0.4 is 20.3 Å². The Morgan fingerprint density at radius 2 is 2.05 bits per heavy atom. The molecule has 11 heteroatoms. The molecule has 37 heavy (non-hydrogen) atoms. The van der Waals surface area contributed by atoms with Crippen molar-refractivity contribution >= 4 is 46.4 Å². The van der Waals surface area contributed by atoms with Crippen molar-refractivity contribution in [1.29, 1.82) is 0 Å². The Morgan fingerprint density at radius 3 is 2.97 bits per heavy atom. The number of benzene rings is 1. The van der Waals surface area contributed by atoms with Crippen molar-refractivity contribution in [2.24, 2.45) is 0 Å². The Bertz CT molecular complexity index is 1600. The highest BCUT2D eigenvalue weighted by atomic mass is 35.5. The van der Waals surface area contributed by atoms with Gasteiger partial charge in [-0.15, -0.1) is 12.4 Å². The number of rotatable bonds is 4. The van der Waals surface area contributed by atoms with E-state index in [2.05, 4.69) is 72.8 Å². The van der Waals surface area contributed by atoms with Gasteiger partial charge < -0.3 is 20.3 Å². The van der Waals surface area contributed by atoms with E-state index in [1.807, 2.05) is 12.3 Å². The zero-order valence-corrected chi connectivity index (χ0v) is 21.1. The largest absolute Gasteiger partial charge is 0.488 e. The van der Waals surface area contributed by atoms with Crippen LogP contribution in [0.5, 0.6) is 5.75 Å². The van der Waals surface area contributed by atoms with Crippen LogP contribution in [0.25, 0.3) is 16.7 Å². The van der Waals surface area contributed by atoms with E-state index in [0.29, 0.717) is 18.5 Å². The van der Waals surface area contributed by atoms with Crippen LogP contribution in [0.15, 0.2) is 55.2 Å². The first-order chi connectivity index (χ1) is 17.7. The average molecular weight is 516 g/mol. The fraction of sp³-hybridized carbons (Fsp3) is 0.269. The Hall–Kier alpha value is -4.02. The summed E-state index contributed by atoms with van der Waals surface area (Å²) in [6.07, 6.45) is 5.91. The lowest BCUT2D eigenvalue weighted by atomic mass is 10.0. The Morgan fingerprint density at radius 1 is 1.11 bits per heavy atom. The number of halogens is 1. The molecule has 2 bridgehead atoms. The smallest absolute Gasteiger partial charge is 0.172 e. The number of nitrogens with one attached hydrogen (secondary N) is 2. The lowest BCUT2D eigenvalue weighted by Gasteiger charge is -2.31. The van der Waals surface area contributed by atoms with E-state index in [1.54, 1.807) is 17.2 Å². The number of fused-ring (bicyclic) bond motifs is 6. The van der Waals surface area contributed by atoms with Gasteiger partial charge in [0, 0.05) is 37.6 Å². The molecule has 0 aliphatic carbocycles. The van der Waals surface area contributed by atoms with E-state index in [0.717, 1.165) is 60.0 Å². The molecule has 1 aromatic carbocycles. The normalized spacial score (nSPS) is 16.6. The molecule has 1 fully saturated rings. The molecule has 2 aliphatic rings. The Kier molecular flexibility index (Phi) is 5.97. The standard InChI is InChI=1S/C26H25N9O.ClH/c1-16-8-19(3-2-18(16)9-17-4-6-35-23(10-17)29-15-31-35)32-25-24-21(28-14-30-25)11-22-26(33-24)34-7-5-27-20(12-34)13-36-22;/h2-4,6,8,10-11,14-15,20,27H,5,7,9,12-13H2,1H3,(H,28,30,32);1H. The molecular formula is C26H26ClN9O. The summed E-state index contributed by atoms with van der Waals surface area (Å²) in [4.78, 5) is 20.5. The molecule has 2 aliphatic heterocycles. The molecule has 1 saturated heterocycles. The summed E-state index contributed by atoms with van der Waals surface area (Å²) in [6.45, 7) is 5.46. The molecule has 0 spiro atoms. The molecular weight excluding hydrogens is 490 g/mol. The molecule has 7 rings (SSSR count). The highest BCUT2D eigenvalue weighted by molar-refractivity contribution is 5.90. The number of anilines is 3. The topological polar surface area (TPSA) is 105 Å². The number of hydrogen-bond acceptors (Lipinski definition) is 9. The number of piperazine rings is 1. The number of hydrogen-bond donors (Lipinski definition) is 2. The maximum atomic E-state index is 6.07. The first kappa shape index (κ1) is 23.4. The molecule has 0 radical (unpaired) electrons. The van der Waals surface area contributed by atoms with Gasteiger partial charge in [0.15, 0.2) is 23.0 Å². The lowest BCUT2D eigenvalue weighted by molar-refractivity contribution is 0.271. The van der Waals surface area contributed by atoms with E-state index < -0.39 is 0 Å². The molecule has 10 nitrogen and oxygen atoms in total. The zero-order valence-electron chi connectivity index (χ0n) is 20.3. The summed E-state index contributed by atoms with van der Waals surface area (Å²) in [5.74, 6) is 2.33. The maximum absolute atomic E-state index is 6.07. The fourth-order valence-corrected chi connectivity index (χ4v) is 5.00. The number of nitrogens with zero attached hydrogens (tertiary/aromatic N) is 7. The van der Waals surface area contributed by atoms with E-state index in [-0.39, 0.29) is 12.4 Å². The fourth-order valence-electron chi connectivity index (χ4n) is 5.00. The molecule has 0 amide bonds. The van der Waals surface area contributed by atoms with Crippen LogP contribution in [0.1, 0.15) is 16.7 Å². The van der Waals surface area contributed by atoms with Gasteiger partial charge in [-0.2, -0.15) is 5.10 Å². The van der Waals surface area contributed by atoms with Crippen LogP contribution >= 0.6 is 12.4 Å². The first-order valence-corrected chi connectivity index (χ1v) is 12.1. The summed E-state index contributed by atoms with van der Waals surface area (Å²) < 4.78 is 7.84. The van der Waals surface area contributed by atoms with Crippen molar-refractivity contribution < 1.29 is 4.74 Å². The Labute approximate surface area is 219 Å². The van der Waals surface area contributed by atoms with Gasteiger partial charge in [-0.05, 0) is 54.3 Å². The minimum absolute atomic E-state index is 0. The summed E-state index contributed by atoms with van der Waals surface area (Å²) >= 11 is 0. The number of aromatic nitrogens is 6. The highest BCUT2D eigenvalue weighted by Crippen LogP contribution is 2.34. The van der Waals surface area contributed by atoms with Crippen LogP contribution in [0.2, 0.25) is 0 Å². The SMILES string of the molecule is Cc1cc(Nc2ncnc3cc4c(nc23)N2CCNC(CO4)C2)ccc1Cc1ccn2ncnc2c1.Cl.